The fourth-order valence-corrected chi connectivity index (χ4v) is 3.49. The minimum absolute atomic E-state index is 0.0309. The first kappa shape index (κ1) is 20.5. The van der Waals surface area contributed by atoms with Crippen LogP contribution in [0.1, 0.15) is 16.8 Å². The number of alkyl halides is 3. The van der Waals surface area contributed by atoms with Gasteiger partial charge in [-0.3, -0.25) is 5.32 Å². The van der Waals surface area contributed by atoms with Crippen molar-refractivity contribution in [3.8, 4) is 10.6 Å². The molecular weight excluding hydrogens is 405 g/mol. The Morgan fingerprint density at radius 3 is 2.55 bits per heavy atom. The third kappa shape index (κ3) is 4.80. The number of nitrogens with one attached hydrogen (secondary N) is 3. The van der Waals surface area contributed by atoms with E-state index in [0.29, 0.717) is 22.5 Å². The van der Waals surface area contributed by atoms with Crippen molar-refractivity contribution in [3.05, 3.63) is 47.3 Å². The highest BCUT2D eigenvalue weighted by Gasteiger charge is 2.32. The van der Waals surface area contributed by atoms with Crippen molar-refractivity contribution in [2.75, 3.05) is 23.0 Å². The molecule has 3 rings (SSSR count). The molecule has 2 amide bonds. The van der Waals surface area contributed by atoms with E-state index in [4.69, 9.17) is 0 Å². The van der Waals surface area contributed by atoms with Gasteiger partial charge >= 0.3 is 12.2 Å². The van der Waals surface area contributed by atoms with E-state index in [-0.39, 0.29) is 11.3 Å². The molecule has 29 heavy (non-hydrogen) atoms. The maximum absolute atomic E-state index is 13.0. The summed E-state index contributed by atoms with van der Waals surface area (Å²) in [5.74, 6) is 0.447. The van der Waals surface area contributed by atoms with E-state index in [1.165, 1.54) is 30.4 Å². The molecule has 0 aliphatic heterocycles. The van der Waals surface area contributed by atoms with Crippen molar-refractivity contribution >= 4 is 34.1 Å². The zero-order valence-corrected chi connectivity index (χ0v) is 16.5. The van der Waals surface area contributed by atoms with Gasteiger partial charge in [-0.2, -0.15) is 13.2 Å². The van der Waals surface area contributed by atoms with E-state index < -0.39 is 17.8 Å². The standard InChI is InChI=1S/C18H17F3N6OS/c1-9-4-5-11(8-12(9)18(19,20)21)25-16(28)27-17-24-10(2)14(29-17)13-6-7-23-15(22-3)26-13/h4-8H,1-3H3,(H,22,23,26)(H2,24,25,27,28). The van der Waals surface area contributed by atoms with Crippen molar-refractivity contribution in [3.63, 3.8) is 0 Å². The lowest BCUT2D eigenvalue weighted by Gasteiger charge is -2.12. The van der Waals surface area contributed by atoms with Crippen molar-refractivity contribution in [1.82, 2.24) is 15.0 Å². The molecule has 11 heteroatoms. The number of rotatable bonds is 4. The molecule has 0 radical (unpaired) electrons. The van der Waals surface area contributed by atoms with Gasteiger partial charge in [0.05, 0.1) is 21.8 Å². The molecule has 3 N–H and O–H groups in total. The summed E-state index contributed by atoms with van der Waals surface area (Å²) in [5, 5.41) is 8.08. The SMILES string of the molecule is CNc1nccc(-c2sc(NC(=O)Nc3ccc(C)c(C(F)(F)F)c3)nc2C)n1. The fourth-order valence-electron chi connectivity index (χ4n) is 2.56. The Morgan fingerprint density at radius 2 is 1.86 bits per heavy atom. The van der Waals surface area contributed by atoms with Crippen LogP contribution in [0.2, 0.25) is 0 Å². The number of urea groups is 1. The normalized spacial score (nSPS) is 11.2. The lowest BCUT2D eigenvalue weighted by atomic mass is 10.1. The van der Waals surface area contributed by atoms with Crippen molar-refractivity contribution in [2.24, 2.45) is 0 Å². The van der Waals surface area contributed by atoms with Gasteiger partial charge in [-0.15, -0.1) is 0 Å². The molecule has 0 bridgehead atoms. The molecule has 2 aromatic heterocycles. The molecule has 0 saturated heterocycles. The van der Waals surface area contributed by atoms with Crippen molar-refractivity contribution < 1.29 is 18.0 Å². The quantitative estimate of drug-likeness (QED) is 0.555. The minimum atomic E-state index is -4.50. The zero-order chi connectivity index (χ0) is 21.2. The predicted molar refractivity (Wildman–Crippen MR) is 106 cm³/mol. The average molecular weight is 422 g/mol. The first-order valence-corrected chi connectivity index (χ1v) is 9.23. The van der Waals surface area contributed by atoms with Crippen LogP contribution in [0.15, 0.2) is 30.5 Å². The van der Waals surface area contributed by atoms with E-state index in [2.05, 4.69) is 30.9 Å². The van der Waals surface area contributed by atoms with Gasteiger partial charge in [0.2, 0.25) is 5.95 Å². The molecule has 3 aromatic rings. The maximum atomic E-state index is 13.0. The van der Waals surface area contributed by atoms with Crippen LogP contribution in [0, 0.1) is 13.8 Å². The predicted octanol–water partition coefficient (Wildman–Crippen LogP) is 4.92. The van der Waals surface area contributed by atoms with E-state index in [9.17, 15) is 18.0 Å². The molecule has 152 valence electrons. The second kappa shape index (κ2) is 8.03. The number of thiazole rings is 1. The summed E-state index contributed by atoms with van der Waals surface area (Å²) >= 11 is 1.20. The van der Waals surface area contributed by atoms with E-state index in [1.54, 1.807) is 26.2 Å². The number of aromatic nitrogens is 3. The monoisotopic (exact) mass is 422 g/mol. The van der Waals surface area contributed by atoms with Gasteiger partial charge in [0.25, 0.3) is 0 Å². The number of hydrogen-bond acceptors (Lipinski definition) is 6. The van der Waals surface area contributed by atoms with Crippen LogP contribution in [-0.2, 0) is 6.18 Å². The zero-order valence-electron chi connectivity index (χ0n) is 15.7. The summed E-state index contributed by atoms with van der Waals surface area (Å²) < 4.78 is 39.1. The highest BCUT2D eigenvalue weighted by atomic mass is 32.1. The second-order valence-corrected chi connectivity index (χ2v) is 7.05. The number of nitrogens with zero attached hydrogens (tertiary/aromatic N) is 3. The van der Waals surface area contributed by atoms with E-state index >= 15 is 0 Å². The molecule has 2 heterocycles. The smallest absolute Gasteiger partial charge is 0.357 e. The second-order valence-electron chi connectivity index (χ2n) is 6.06. The number of carbonyl (C=O) groups excluding carboxylic acids is 1. The van der Waals surface area contributed by atoms with Gasteiger partial charge in [-0.05, 0) is 37.6 Å². The third-order valence-electron chi connectivity index (χ3n) is 3.93. The van der Waals surface area contributed by atoms with E-state index in [0.717, 1.165) is 10.9 Å². The van der Waals surface area contributed by atoms with Crippen LogP contribution < -0.4 is 16.0 Å². The molecular formula is C18H17F3N6OS. The number of anilines is 3. The molecule has 0 aliphatic carbocycles. The average Bonchev–Trinajstić information content (AvgIpc) is 3.02. The van der Waals surface area contributed by atoms with Gasteiger partial charge in [-0.25, -0.2) is 19.7 Å². The Labute approximate surface area is 168 Å². The molecule has 1 aromatic carbocycles. The Balaban J connectivity index is 1.75. The Hall–Kier alpha value is -3.21. The summed E-state index contributed by atoms with van der Waals surface area (Å²) in [4.78, 5) is 25.6. The van der Waals surface area contributed by atoms with Crippen LogP contribution in [0.5, 0.6) is 0 Å². The summed E-state index contributed by atoms with van der Waals surface area (Å²) in [6, 6.07) is 4.63. The van der Waals surface area contributed by atoms with Gasteiger partial charge in [0, 0.05) is 18.9 Å². The third-order valence-corrected chi connectivity index (χ3v) is 5.03. The van der Waals surface area contributed by atoms with E-state index in [1.807, 2.05) is 0 Å². The number of halogens is 3. The van der Waals surface area contributed by atoms with Gasteiger partial charge in [-0.1, -0.05) is 17.4 Å². The minimum Gasteiger partial charge on any atom is -0.357 e. The summed E-state index contributed by atoms with van der Waals surface area (Å²) in [7, 11) is 1.70. The Morgan fingerprint density at radius 1 is 1.10 bits per heavy atom. The molecule has 7 nitrogen and oxygen atoms in total. The van der Waals surface area contributed by atoms with Crippen LogP contribution >= 0.6 is 11.3 Å². The Bertz CT molecular complexity index is 1050. The highest BCUT2D eigenvalue weighted by Crippen LogP contribution is 2.34. The summed E-state index contributed by atoms with van der Waals surface area (Å²) in [5.41, 5.74) is 0.603. The molecule has 0 unspecified atom stereocenters. The molecule has 0 atom stereocenters. The van der Waals surface area contributed by atoms with Gasteiger partial charge < -0.3 is 10.6 Å². The number of benzene rings is 1. The lowest BCUT2D eigenvalue weighted by Crippen LogP contribution is -2.20. The van der Waals surface area contributed by atoms with Crippen LogP contribution in [-0.4, -0.2) is 28.0 Å². The highest BCUT2D eigenvalue weighted by molar-refractivity contribution is 7.19. The molecule has 0 aliphatic rings. The Kier molecular flexibility index (Phi) is 5.69. The molecule has 0 fully saturated rings. The van der Waals surface area contributed by atoms with Crippen molar-refractivity contribution in [2.45, 2.75) is 20.0 Å². The summed E-state index contributed by atoms with van der Waals surface area (Å²) in [6.07, 6.45) is -2.90. The van der Waals surface area contributed by atoms with Gasteiger partial charge in [0.15, 0.2) is 5.13 Å². The fraction of sp³-hybridized carbons (Fsp3) is 0.222. The van der Waals surface area contributed by atoms with Crippen LogP contribution in [0.25, 0.3) is 10.6 Å². The largest absolute Gasteiger partial charge is 0.416 e. The number of amides is 2. The number of carbonyl (C=O) groups is 1. The van der Waals surface area contributed by atoms with Crippen molar-refractivity contribution in [1.29, 1.82) is 0 Å². The lowest BCUT2D eigenvalue weighted by molar-refractivity contribution is -0.138. The number of hydrogen-bond donors (Lipinski definition) is 3. The summed E-state index contributed by atoms with van der Waals surface area (Å²) in [6.45, 7) is 3.13. The maximum Gasteiger partial charge on any atom is 0.416 e. The van der Waals surface area contributed by atoms with Gasteiger partial charge in [0.1, 0.15) is 0 Å². The first-order valence-electron chi connectivity index (χ1n) is 8.42. The first-order chi connectivity index (χ1) is 13.7. The van der Waals surface area contributed by atoms with Crippen LogP contribution in [0.3, 0.4) is 0 Å². The molecule has 0 spiro atoms. The number of aryl methyl sites for hydroxylation is 2. The molecule has 0 saturated carbocycles. The van der Waals surface area contributed by atoms with Crippen LogP contribution in [0.4, 0.5) is 34.7 Å². The topological polar surface area (TPSA) is 91.8 Å².